The Kier molecular flexibility index (Phi) is 4.75. The quantitative estimate of drug-likeness (QED) is 0.905. The Morgan fingerprint density at radius 1 is 1.21 bits per heavy atom. The Bertz CT molecular complexity index is 378. The minimum Gasteiger partial charge on any atom is -0.355 e. The highest BCUT2D eigenvalue weighted by Gasteiger charge is 2.22. The summed E-state index contributed by atoms with van der Waals surface area (Å²) in [4.78, 5) is 2.37. The molecule has 0 spiro atoms. The Labute approximate surface area is 116 Å². The van der Waals surface area contributed by atoms with Crippen LogP contribution in [0.4, 0.5) is 5.82 Å². The highest BCUT2D eigenvalue weighted by molar-refractivity contribution is 5.38. The van der Waals surface area contributed by atoms with Gasteiger partial charge in [0.25, 0.3) is 0 Å². The van der Waals surface area contributed by atoms with Crippen LogP contribution in [0.3, 0.4) is 0 Å². The summed E-state index contributed by atoms with van der Waals surface area (Å²) in [6.07, 6.45) is 1.32. The molecular formula is C15H26N4. The lowest BCUT2D eigenvalue weighted by molar-refractivity contribution is 0.354. The van der Waals surface area contributed by atoms with Crippen molar-refractivity contribution >= 4 is 5.82 Å². The van der Waals surface area contributed by atoms with Crippen LogP contribution in [0, 0.1) is 11.8 Å². The van der Waals surface area contributed by atoms with Gasteiger partial charge in [-0.2, -0.15) is 5.10 Å². The standard InChI is InChI=1S/C15H26N4/c1-11(2)16-8-14-5-6-15(18-17-14)19-9-12(3)7-13(4)10-19/h5-6,11-13,16H,7-10H2,1-4H3. The minimum atomic E-state index is 0.477. The first-order valence-corrected chi connectivity index (χ1v) is 7.35. The first-order valence-electron chi connectivity index (χ1n) is 7.35. The van der Waals surface area contributed by atoms with Gasteiger partial charge in [0.1, 0.15) is 0 Å². The average Bonchev–Trinajstić information content (AvgIpc) is 2.36. The SMILES string of the molecule is CC1CC(C)CN(c2ccc(CNC(C)C)nn2)C1. The predicted octanol–water partition coefficient (Wildman–Crippen LogP) is 2.46. The first kappa shape index (κ1) is 14.3. The first-order chi connectivity index (χ1) is 9.04. The van der Waals surface area contributed by atoms with E-state index in [9.17, 15) is 0 Å². The maximum Gasteiger partial charge on any atom is 0.151 e. The monoisotopic (exact) mass is 262 g/mol. The molecule has 0 aliphatic carbocycles. The van der Waals surface area contributed by atoms with Crippen molar-refractivity contribution in [1.82, 2.24) is 15.5 Å². The number of anilines is 1. The molecule has 0 amide bonds. The number of nitrogens with one attached hydrogen (secondary N) is 1. The zero-order chi connectivity index (χ0) is 13.8. The lowest BCUT2D eigenvalue weighted by Crippen LogP contribution is -2.39. The van der Waals surface area contributed by atoms with Crippen molar-refractivity contribution in [2.24, 2.45) is 11.8 Å². The minimum absolute atomic E-state index is 0.477. The van der Waals surface area contributed by atoms with Gasteiger partial charge in [-0.05, 0) is 30.4 Å². The highest BCUT2D eigenvalue weighted by atomic mass is 15.3. The summed E-state index contributed by atoms with van der Waals surface area (Å²) in [5, 5.41) is 12.1. The van der Waals surface area contributed by atoms with E-state index < -0.39 is 0 Å². The lowest BCUT2D eigenvalue weighted by Gasteiger charge is -2.35. The molecule has 0 bridgehead atoms. The molecule has 1 aliphatic rings. The summed E-state index contributed by atoms with van der Waals surface area (Å²) >= 11 is 0. The van der Waals surface area contributed by atoms with Crippen LogP contribution in [-0.4, -0.2) is 29.3 Å². The predicted molar refractivity (Wildman–Crippen MR) is 79.2 cm³/mol. The van der Waals surface area contributed by atoms with E-state index in [1.807, 2.05) is 0 Å². The number of aromatic nitrogens is 2. The summed E-state index contributed by atoms with van der Waals surface area (Å²) in [5.74, 6) is 2.51. The van der Waals surface area contributed by atoms with Gasteiger partial charge >= 0.3 is 0 Å². The largest absolute Gasteiger partial charge is 0.355 e. The Balaban J connectivity index is 1.97. The maximum atomic E-state index is 4.39. The van der Waals surface area contributed by atoms with Gasteiger partial charge in [0.2, 0.25) is 0 Å². The molecule has 19 heavy (non-hydrogen) atoms. The molecule has 2 unspecified atom stereocenters. The van der Waals surface area contributed by atoms with Crippen LogP contribution >= 0.6 is 0 Å². The van der Waals surface area contributed by atoms with Gasteiger partial charge in [-0.3, -0.25) is 0 Å². The Hall–Kier alpha value is -1.16. The molecule has 1 fully saturated rings. The molecule has 1 aromatic heterocycles. The Morgan fingerprint density at radius 2 is 1.89 bits per heavy atom. The van der Waals surface area contributed by atoms with E-state index in [0.29, 0.717) is 6.04 Å². The molecule has 4 nitrogen and oxygen atoms in total. The Morgan fingerprint density at radius 3 is 2.42 bits per heavy atom. The van der Waals surface area contributed by atoms with E-state index >= 15 is 0 Å². The molecule has 2 heterocycles. The maximum absolute atomic E-state index is 4.39. The fourth-order valence-electron chi connectivity index (χ4n) is 2.77. The fraction of sp³-hybridized carbons (Fsp3) is 0.733. The van der Waals surface area contributed by atoms with E-state index in [2.05, 4.69) is 60.2 Å². The van der Waals surface area contributed by atoms with Gasteiger partial charge < -0.3 is 10.2 Å². The van der Waals surface area contributed by atoms with Crippen LogP contribution < -0.4 is 10.2 Å². The van der Waals surface area contributed by atoms with E-state index in [0.717, 1.165) is 43.0 Å². The van der Waals surface area contributed by atoms with Gasteiger partial charge in [0.15, 0.2) is 5.82 Å². The van der Waals surface area contributed by atoms with Crippen LogP contribution in [0.25, 0.3) is 0 Å². The third-order valence-corrected chi connectivity index (χ3v) is 3.59. The van der Waals surface area contributed by atoms with Crippen LogP contribution in [0.5, 0.6) is 0 Å². The topological polar surface area (TPSA) is 41.0 Å². The van der Waals surface area contributed by atoms with Crippen molar-refractivity contribution in [2.45, 2.75) is 46.7 Å². The van der Waals surface area contributed by atoms with Crippen LogP contribution in [0.2, 0.25) is 0 Å². The third kappa shape index (κ3) is 4.16. The van der Waals surface area contributed by atoms with Gasteiger partial charge in [-0.25, -0.2) is 0 Å². The zero-order valence-electron chi connectivity index (χ0n) is 12.6. The number of rotatable bonds is 4. The molecule has 0 radical (unpaired) electrons. The van der Waals surface area contributed by atoms with Crippen molar-refractivity contribution in [3.05, 3.63) is 17.8 Å². The molecule has 2 rings (SSSR count). The number of piperidine rings is 1. The molecule has 2 atom stereocenters. The zero-order valence-corrected chi connectivity index (χ0v) is 12.6. The molecule has 4 heteroatoms. The van der Waals surface area contributed by atoms with E-state index in [4.69, 9.17) is 0 Å². The second-order valence-electron chi connectivity index (χ2n) is 6.27. The van der Waals surface area contributed by atoms with Crippen LogP contribution in [0.1, 0.15) is 39.8 Å². The summed E-state index contributed by atoms with van der Waals surface area (Å²) in [7, 11) is 0. The summed E-state index contributed by atoms with van der Waals surface area (Å²) < 4.78 is 0. The molecule has 1 saturated heterocycles. The summed E-state index contributed by atoms with van der Waals surface area (Å²) in [6.45, 7) is 11.9. The van der Waals surface area contributed by atoms with Gasteiger partial charge in [0.05, 0.1) is 5.69 Å². The summed E-state index contributed by atoms with van der Waals surface area (Å²) in [5.41, 5.74) is 1.01. The fourth-order valence-corrected chi connectivity index (χ4v) is 2.77. The second kappa shape index (κ2) is 6.33. The van der Waals surface area contributed by atoms with E-state index in [1.165, 1.54) is 6.42 Å². The van der Waals surface area contributed by atoms with Crippen molar-refractivity contribution in [2.75, 3.05) is 18.0 Å². The highest BCUT2D eigenvalue weighted by Crippen LogP contribution is 2.24. The second-order valence-corrected chi connectivity index (χ2v) is 6.27. The van der Waals surface area contributed by atoms with Gasteiger partial charge in [0, 0.05) is 25.7 Å². The number of hydrogen-bond donors (Lipinski definition) is 1. The molecule has 1 aromatic rings. The van der Waals surface area contributed by atoms with Crippen LogP contribution in [-0.2, 0) is 6.54 Å². The van der Waals surface area contributed by atoms with Gasteiger partial charge in [-0.1, -0.05) is 27.7 Å². The van der Waals surface area contributed by atoms with Crippen molar-refractivity contribution in [3.8, 4) is 0 Å². The molecule has 1 aliphatic heterocycles. The van der Waals surface area contributed by atoms with Crippen LogP contribution in [0.15, 0.2) is 12.1 Å². The smallest absolute Gasteiger partial charge is 0.151 e. The van der Waals surface area contributed by atoms with Crippen molar-refractivity contribution in [1.29, 1.82) is 0 Å². The summed E-state index contributed by atoms with van der Waals surface area (Å²) in [6, 6.07) is 4.67. The van der Waals surface area contributed by atoms with E-state index in [1.54, 1.807) is 0 Å². The number of hydrogen-bond acceptors (Lipinski definition) is 4. The normalized spacial score (nSPS) is 23.9. The molecule has 106 valence electrons. The third-order valence-electron chi connectivity index (χ3n) is 3.59. The molecule has 0 saturated carbocycles. The van der Waals surface area contributed by atoms with Crippen molar-refractivity contribution in [3.63, 3.8) is 0 Å². The molecule has 1 N–H and O–H groups in total. The average molecular weight is 262 g/mol. The number of nitrogens with zero attached hydrogens (tertiary/aromatic N) is 3. The molecular weight excluding hydrogens is 236 g/mol. The van der Waals surface area contributed by atoms with E-state index in [-0.39, 0.29) is 0 Å². The van der Waals surface area contributed by atoms with Gasteiger partial charge in [-0.15, -0.1) is 5.10 Å². The van der Waals surface area contributed by atoms with Crippen molar-refractivity contribution < 1.29 is 0 Å². The molecule has 0 aromatic carbocycles. The lowest BCUT2D eigenvalue weighted by atomic mass is 9.92.